The van der Waals surface area contributed by atoms with E-state index in [1.165, 1.54) is 84.3 Å². The zero-order chi connectivity index (χ0) is 84.5. The number of aliphatic hydroxyl groups is 2. The number of rotatable bonds is 15. The number of amides is 1. The summed E-state index contributed by atoms with van der Waals surface area (Å²) in [7, 11) is -5.64. The highest BCUT2D eigenvalue weighted by atomic mass is 32.2. The number of hydrogen-bond donors (Lipinski definition) is 5. The number of carbonyl (C=O) groups is 5. The minimum Gasteiger partial charge on any atom is -0.508 e. The van der Waals surface area contributed by atoms with Crippen LogP contribution in [-0.2, 0) is 35.7 Å². The molecule has 5 aliphatic rings. The lowest BCUT2D eigenvalue weighted by Crippen LogP contribution is -2.42. The average Bonchev–Trinajstić information content (AvgIpc) is 0.799. The summed E-state index contributed by atoms with van der Waals surface area (Å²) in [4.78, 5) is 58.6. The second-order valence-corrected chi connectivity index (χ2v) is 31.1. The maximum atomic E-state index is 13.1. The van der Waals surface area contributed by atoms with E-state index >= 15 is 0 Å². The van der Waals surface area contributed by atoms with E-state index in [4.69, 9.17) is 26.0 Å². The number of carbonyl (C=O) groups excluding carboxylic acids is 4. The van der Waals surface area contributed by atoms with E-state index < -0.39 is 50.7 Å². The summed E-state index contributed by atoms with van der Waals surface area (Å²) >= 11 is 0. The summed E-state index contributed by atoms with van der Waals surface area (Å²) in [6, 6.07) is 52.4. The molecule has 12 rings (SSSR count). The number of carboxylic acid groups (broad SMARTS) is 1. The van der Waals surface area contributed by atoms with Gasteiger partial charge in [-0.1, -0.05) is 91.9 Å². The van der Waals surface area contributed by atoms with Crippen molar-refractivity contribution in [2.45, 2.75) is 227 Å². The molecule has 7 aromatic rings. The molecule has 115 heavy (non-hydrogen) atoms. The highest BCUT2D eigenvalue weighted by Crippen LogP contribution is 2.42. The van der Waals surface area contributed by atoms with Crippen molar-refractivity contribution in [1.29, 1.82) is 15.8 Å². The van der Waals surface area contributed by atoms with Crippen molar-refractivity contribution < 1.29 is 96.5 Å². The van der Waals surface area contributed by atoms with Crippen molar-refractivity contribution in [3.63, 3.8) is 0 Å². The van der Waals surface area contributed by atoms with Crippen LogP contribution in [0.3, 0.4) is 0 Å². The lowest BCUT2D eigenvalue weighted by Gasteiger charge is -2.37. The summed E-state index contributed by atoms with van der Waals surface area (Å²) < 4.78 is 139. The first-order valence-electron chi connectivity index (χ1n) is 38.3. The quantitative estimate of drug-likeness (QED) is 0.0362. The van der Waals surface area contributed by atoms with Crippen molar-refractivity contribution in [2.24, 2.45) is 0 Å². The van der Waals surface area contributed by atoms with Gasteiger partial charge in [0.1, 0.15) is 28.8 Å². The SMILES string of the molecule is CCN(C(=O)c1ccc([C@](C)(O)C(F)(F)F)cc1)C1CCC(c2ccc(C#N)cc2)CC1.CCNC1CCC(c2ccc(C#N)cc2)CC1.C[C@](O)(c1ccc(C(=O)O)cc1)C(F)(F)F.N#Cc1ccc(C2CCC(=O)CC2)cc1.O=C1CCC(c2ccc(O)cc2)CC1.O=C1CCC(c2ccc(OS(=O)(=O)C(F)(F)F)cc2)CC1. The van der Waals surface area contributed by atoms with Gasteiger partial charge in [0.25, 0.3) is 5.91 Å². The number of aromatic carboxylic acids is 1. The van der Waals surface area contributed by atoms with E-state index in [0.29, 0.717) is 129 Å². The van der Waals surface area contributed by atoms with Crippen molar-refractivity contribution in [3.05, 3.63) is 237 Å². The minimum absolute atomic E-state index is 0.0695. The number of Topliss-reactive ketones (excluding diaryl/α,β-unsaturated/α-hetero) is 3. The van der Waals surface area contributed by atoms with Crippen LogP contribution in [-0.4, -0.2) is 106 Å². The molecule has 0 saturated heterocycles. The van der Waals surface area contributed by atoms with Crippen molar-refractivity contribution in [1.82, 2.24) is 10.2 Å². The molecule has 27 heteroatoms. The zero-order valence-electron chi connectivity index (χ0n) is 64.4. The molecule has 2 atom stereocenters. The molecule has 0 heterocycles. The van der Waals surface area contributed by atoms with Crippen LogP contribution in [0.1, 0.15) is 262 Å². The number of alkyl halides is 9. The second kappa shape index (κ2) is 41.9. The molecular weight excluding hydrogens is 1520 g/mol. The van der Waals surface area contributed by atoms with Crippen LogP contribution >= 0.6 is 0 Å². The normalized spacial score (nSPS) is 19.3. The lowest BCUT2D eigenvalue weighted by atomic mass is 9.81. The second-order valence-electron chi connectivity index (χ2n) is 29.6. The number of ketones is 3. The van der Waals surface area contributed by atoms with Crippen molar-refractivity contribution >= 4 is 39.3 Å². The van der Waals surface area contributed by atoms with E-state index in [9.17, 15) is 82.1 Å². The Kier molecular flexibility index (Phi) is 33.5. The van der Waals surface area contributed by atoms with Gasteiger partial charge in [0, 0.05) is 62.7 Å². The van der Waals surface area contributed by atoms with Crippen molar-refractivity contribution in [2.75, 3.05) is 13.1 Å². The number of halogens is 9. The van der Waals surface area contributed by atoms with E-state index in [1.54, 1.807) is 17.0 Å². The van der Waals surface area contributed by atoms with Gasteiger partial charge in [0.2, 0.25) is 0 Å². The molecule has 17 nitrogen and oxygen atoms in total. The number of benzene rings is 7. The van der Waals surface area contributed by atoms with Crippen LogP contribution in [0.2, 0.25) is 0 Å². The Hall–Kier alpha value is -10.2. The van der Waals surface area contributed by atoms with Gasteiger partial charge in [0.05, 0.1) is 40.5 Å². The van der Waals surface area contributed by atoms with Crippen molar-refractivity contribution in [3.8, 4) is 29.7 Å². The van der Waals surface area contributed by atoms with Gasteiger partial charge in [-0.05, 0) is 271 Å². The third kappa shape index (κ3) is 26.7. The Morgan fingerprint density at radius 1 is 0.452 bits per heavy atom. The maximum Gasteiger partial charge on any atom is 0.534 e. The summed E-state index contributed by atoms with van der Waals surface area (Å²) in [5, 5.41) is 66.7. The highest BCUT2D eigenvalue weighted by Gasteiger charge is 2.52. The van der Waals surface area contributed by atoms with Crippen LogP contribution in [0.25, 0.3) is 0 Å². The lowest BCUT2D eigenvalue weighted by molar-refractivity contribution is -0.259. The Morgan fingerprint density at radius 3 is 1.03 bits per heavy atom. The molecule has 0 spiro atoms. The first-order valence-corrected chi connectivity index (χ1v) is 39.7. The molecule has 614 valence electrons. The molecule has 0 unspecified atom stereocenters. The number of phenolic OH excluding ortho intramolecular Hbond substituents is 1. The number of nitriles is 3. The van der Waals surface area contributed by atoms with Gasteiger partial charge in [-0.2, -0.15) is 63.7 Å². The fourth-order valence-electron chi connectivity index (χ4n) is 14.6. The molecule has 7 aromatic carbocycles. The highest BCUT2D eigenvalue weighted by molar-refractivity contribution is 7.88. The summed E-state index contributed by atoms with van der Waals surface area (Å²) in [6.07, 6.45) is 8.08. The summed E-state index contributed by atoms with van der Waals surface area (Å²) in [5.74, 6) is 1.71. The van der Waals surface area contributed by atoms with Gasteiger partial charge in [-0.25, -0.2) is 4.79 Å². The Labute approximate surface area is 664 Å². The first kappa shape index (κ1) is 91.9. The standard InChI is InChI=1S/C25H27F3N2O2.C15H20N2.C13H13F3O4S.C13H13NO.C12H14O2.C10H9F3O3/c1-3-30(22-14-10-19(11-15-22)18-6-4-17(16-29)5-7-18)23(31)20-8-12-21(13-9-20)24(2,32)25(26,27)28;1-2-17-15-9-7-14(8-10-15)13-5-3-12(11-16)4-6-13;14-13(15,16)21(18,19)20-12-7-3-10(4-8-12)9-1-5-11(17)6-2-9;14-9-10-1-3-11(4-2-10)12-5-7-13(15)8-6-12;13-11-5-1-9(2-6-11)10-3-7-12(14)8-4-10;1-9(16,10(11,12)13)7-4-2-6(3-5-7)8(14)15/h4-9,12-13,19,22,32H,3,10-11,14-15H2,1-2H3;3-6,14-15,17H,2,7-10H2,1H3;3-4,7-9H,1-2,5-6H2;1-4,12H,5-8H2;1-2,5-6,10,13H,3-4,7-8H2;2-5,16H,1H3,(H,14,15)/t19?,22?,24-;;;;;9-/m0....0/s1. The number of carboxylic acids is 1. The third-order valence-electron chi connectivity index (χ3n) is 21.8. The molecule has 5 saturated carbocycles. The van der Waals surface area contributed by atoms with E-state index in [2.05, 4.69) is 46.8 Å². The van der Waals surface area contributed by atoms with Gasteiger partial charge in [-0.15, -0.1) is 0 Å². The largest absolute Gasteiger partial charge is 0.534 e. The van der Waals surface area contributed by atoms with E-state index in [1.807, 2.05) is 79.7 Å². The fourth-order valence-corrected chi connectivity index (χ4v) is 15.1. The van der Waals surface area contributed by atoms with Crippen LogP contribution in [0.5, 0.6) is 11.5 Å². The van der Waals surface area contributed by atoms with E-state index in [-0.39, 0.29) is 40.5 Å². The molecule has 5 aliphatic carbocycles. The number of nitrogens with zero attached hydrogens (tertiary/aromatic N) is 4. The fraction of sp³-hybridized carbons (Fsp3) is 0.432. The first-order chi connectivity index (χ1) is 54.3. The smallest absolute Gasteiger partial charge is 0.508 e. The number of hydrogen-bond acceptors (Lipinski definition) is 15. The van der Waals surface area contributed by atoms with Crippen LogP contribution < -0.4 is 9.50 Å². The van der Waals surface area contributed by atoms with Crippen LogP contribution in [0, 0.1) is 34.0 Å². The summed E-state index contributed by atoms with van der Waals surface area (Å²) in [6.45, 7) is 6.97. The van der Waals surface area contributed by atoms with Crippen LogP contribution in [0.4, 0.5) is 39.5 Å². The molecule has 0 radical (unpaired) electrons. The Bertz CT molecular complexity index is 4550. The Morgan fingerprint density at radius 2 is 0.748 bits per heavy atom. The third-order valence-corrected chi connectivity index (χ3v) is 22.8. The van der Waals surface area contributed by atoms with Gasteiger partial charge >= 0.3 is 33.9 Å². The van der Waals surface area contributed by atoms with Gasteiger partial charge in [0.15, 0.2) is 11.2 Å². The minimum atomic E-state index is -5.64. The molecule has 5 fully saturated rings. The predicted molar refractivity (Wildman–Crippen MR) is 414 cm³/mol. The number of nitrogens with one attached hydrogen (secondary N) is 1. The molecule has 5 N–H and O–H groups in total. The zero-order valence-corrected chi connectivity index (χ0v) is 65.2. The molecule has 0 aliphatic heterocycles. The van der Waals surface area contributed by atoms with E-state index in [0.717, 1.165) is 111 Å². The number of aromatic hydroxyl groups is 1. The van der Waals surface area contributed by atoms with Crippen LogP contribution in [0.15, 0.2) is 170 Å². The monoisotopic (exact) mass is 1620 g/mol. The maximum absolute atomic E-state index is 13.1. The average molecular weight is 1620 g/mol. The summed E-state index contributed by atoms with van der Waals surface area (Å²) in [5.41, 5.74) is -3.86. The van der Waals surface area contributed by atoms with Gasteiger partial charge in [-0.3, -0.25) is 19.2 Å². The predicted octanol–water partition coefficient (Wildman–Crippen LogP) is 19.4. The molecule has 1 amide bonds. The molecule has 0 bridgehead atoms. The Balaban J connectivity index is 0.000000196. The number of phenols is 1. The molecular formula is C88H96F9N5O12S. The molecule has 0 aromatic heterocycles. The topological polar surface area (TPSA) is 296 Å². The van der Waals surface area contributed by atoms with Gasteiger partial charge < -0.3 is 34.8 Å².